The lowest BCUT2D eigenvalue weighted by atomic mass is 9.92. The van der Waals surface area contributed by atoms with Crippen LogP contribution in [0.1, 0.15) is 43.4 Å². The second kappa shape index (κ2) is 15.0. The first kappa shape index (κ1) is 34.5. The predicted molar refractivity (Wildman–Crippen MR) is 199 cm³/mol. The monoisotopic (exact) mass is 688 g/mol. The van der Waals surface area contributed by atoms with E-state index in [9.17, 15) is 9.90 Å². The Labute approximate surface area is 295 Å². The molecule has 0 spiro atoms. The zero-order valence-corrected chi connectivity index (χ0v) is 29.5. The normalized spacial score (nSPS) is 11.4. The second-order valence-corrected chi connectivity index (χ2v) is 14.0. The highest BCUT2D eigenvalue weighted by Gasteiger charge is 2.22. The number of aryl methyl sites for hydroxylation is 1. The Bertz CT molecular complexity index is 2120. The summed E-state index contributed by atoms with van der Waals surface area (Å²) in [5.41, 5.74) is 4.25. The molecule has 0 aliphatic carbocycles. The van der Waals surface area contributed by atoms with Gasteiger partial charge in [-0.2, -0.15) is 10.1 Å². The van der Waals surface area contributed by atoms with Gasteiger partial charge in [0, 0.05) is 51.6 Å². The third kappa shape index (κ3) is 8.24. The molecule has 256 valence electrons. The summed E-state index contributed by atoms with van der Waals surface area (Å²) in [5.74, 6) is 3.47. The van der Waals surface area contributed by atoms with Gasteiger partial charge in [0.05, 0.1) is 30.8 Å². The molecule has 0 radical (unpaired) electrons. The van der Waals surface area contributed by atoms with Crippen LogP contribution in [0.15, 0.2) is 102 Å². The van der Waals surface area contributed by atoms with Crippen molar-refractivity contribution in [3.05, 3.63) is 120 Å². The first-order chi connectivity index (χ1) is 24.1. The Balaban J connectivity index is 1.21. The molecule has 0 bridgehead atoms. The van der Waals surface area contributed by atoms with E-state index in [0.717, 1.165) is 43.9 Å². The topological polar surface area (TPSA) is 123 Å². The van der Waals surface area contributed by atoms with Crippen molar-refractivity contribution < 1.29 is 19.4 Å². The molecule has 10 nitrogen and oxygen atoms in total. The van der Waals surface area contributed by atoms with Gasteiger partial charge in [0.25, 0.3) is 0 Å². The summed E-state index contributed by atoms with van der Waals surface area (Å²) in [6.07, 6.45) is 2.15. The van der Waals surface area contributed by atoms with Crippen molar-refractivity contribution in [1.82, 2.24) is 19.7 Å². The molecular formula is C39H40N6O4S. The number of thioether (sulfide) groups is 1. The summed E-state index contributed by atoms with van der Waals surface area (Å²) in [6.45, 7) is 8.40. The maximum atomic E-state index is 13.5. The molecule has 2 heterocycles. The number of ether oxygens (including phenoxy) is 2. The maximum Gasteiger partial charge on any atom is 0.324 e. The van der Waals surface area contributed by atoms with Crippen molar-refractivity contribution in [3.8, 4) is 23.1 Å². The standard InChI is InChI=1S/C39H40N6O4S/c1-25-10-12-27(13-11-25)45-36(24-34(44-45)39(2,3)4)43-38(47)41-32-14-15-33(31-9-7-6-8-30(31)32)49-37-16-17-40-35(42-37)22-26-20-28(48-5)23-29(21-26)50-19-18-46/h6-17,20-21,23-24,46H,18-19,22H2,1-5H3,(H2,41,43,47). The molecule has 2 aromatic heterocycles. The van der Waals surface area contributed by atoms with Crippen molar-refractivity contribution in [1.29, 1.82) is 0 Å². The molecule has 50 heavy (non-hydrogen) atoms. The third-order valence-electron chi connectivity index (χ3n) is 7.92. The Morgan fingerprint density at radius 3 is 2.46 bits per heavy atom. The highest BCUT2D eigenvalue weighted by Crippen LogP contribution is 2.35. The predicted octanol–water partition coefficient (Wildman–Crippen LogP) is 8.54. The lowest BCUT2D eigenvalue weighted by Gasteiger charge is -2.14. The highest BCUT2D eigenvalue weighted by molar-refractivity contribution is 7.99. The van der Waals surface area contributed by atoms with E-state index in [0.29, 0.717) is 41.1 Å². The van der Waals surface area contributed by atoms with Gasteiger partial charge in [-0.3, -0.25) is 5.32 Å². The van der Waals surface area contributed by atoms with E-state index in [2.05, 4.69) is 47.4 Å². The molecule has 6 aromatic rings. The fourth-order valence-corrected chi connectivity index (χ4v) is 6.13. The maximum absolute atomic E-state index is 13.5. The van der Waals surface area contributed by atoms with Gasteiger partial charge in [-0.15, -0.1) is 11.8 Å². The first-order valence-corrected chi connectivity index (χ1v) is 17.3. The van der Waals surface area contributed by atoms with Crippen LogP contribution in [0, 0.1) is 6.92 Å². The molecule has 0 fully saturated rings. The second-order valence-electron chi connectivity index (χ2n) is 12.8. The molecule has 0 saturated carbocycles. The number of benzene rings is 4. The number of urea groups is 1. The number of methoxy groups -OCH3 is 1. The number of carbonyl (C=O) groups is 1. The minimum atomic E-state index is -0.395. The number of hydrogen-bond donors (Lipinski definition) is 3. The minimum absolute atomic E-state index is 0.0953. The molecule has 0 atom stereocenters. The molecule has 0 aliphatic rings. The lowest BCUT2D eigenvalue weighted by Crippen LogP contribution is -2.21. The van der Waals surface area contributed by atoms with Gasteiger partial charge in [0.15, 0.2) is 0 Å². The molecule has 0 saturated heterocycles. The molecule has 3 N–H and O–H groups in total. The number of hydrogen-bond acceptors (Lipinski definition) is 8. The lowest BCUT2D eigenvalue weighted by molar-refractivity contribution is 0.262. The number of nitrogens with one attached hydrogen (secondary N) is 2. The van der Waals surface area contributed by atoms with E-state index in [4.69, 9.17) is 14.6 Å². The zero-order valence-electron chi connectivity index (χ0n) is 28.7. The molecule has 4 aromatic carbocycles. The summed E-state index contributed by atoms with van der Waals surface area (Å²) in [4.78, 5) is 23.6. The van der Waals surface area contributed by atoms with Crippen LogP contribution >= 0.6 is 11.8 Å². The van der Waals surface area contributed by atoms with Crippen LogP contribution in [0.3, 0.4) is 0 Å². The number of aromatic nitrogens is 4. The van der Waals surface area contributed by atoms with Crippen molar-refractivity contribution in [3.63, 3.8) is 0 Å². The summed E-state index contributed by atoms with van der Waals surface area (Å²) in [6, 6.07) is 28.6. The Morgan fingerprint density at radius 2 is 1.72 bits per heavy atom. The average molecular weight is 689 g/mol. The van der Waals surface area contributed by atoms with Gasteiger partial charge in [-0.05, 0) is 55.0 Å². The van der Waals surface area contributed by atoms with Crippen LogP contribution in [0.4, 0.5) is 16.3 Å². The highest BCUT2D eigenvalue weighted by atomic mass is 32.2. The third-order valence-corrected chi connectivity index (χ3v) is 8.88. The van der Waals surface area contributed by atoms with Crippen LogP contribution in [-0.4, -0.2) is 50.4 Å². The number of amides is 2. The molecule has 11 heteroatoms. The van der Waals surface area contributed by atoms with Crippen LogP contribution in [0.2, 0.25) is 0 Å². The Kier molecular flexibility index (Phi) is 10.4. The van der Waals surface area contributed by atoms with Crippen molar-refractivity contribution in [2.45, 2.75) is 44.4 Å². The van der Waals surface area contributed by atoms with E-state index < -0.39 is 6.03 Å². The number of aliphatic hydroxyl groups is 1. The SMILES string of the molecule is COc1cc(Cc2nccc(Oc3ccc(NC(=O)Nc4cc(C(C)(C)C)nn4-c4ccc(C)cc4)c4ccccc34)n2)cc(SCCO)c1. The number of rotatable bonds is 11. The van der Waals surface area contributed by atoms with Gasteiger partial charge < -0.3 is 19.9 Å². The molecular weight excluding hydrogens is 649 g/mol. The van der Waals surface area contributed by atoms with E-state index in [1.54, 1.807) is 35.8 Å². The summed E-state index contributed by atoms with van der Waals surface area (Å²) >= 11 is 1.56. The first-order valence-electron chi connectivity index (χ1n) is 16.3. The van der Waals surface area contributed by atoms with E-state index in [-0.39, 0.29) is 12.0 Å². The van der Waals surface area contributed by atoms with Gasteiger partial charge in [0.2, 0.25) is 5.88 Å². The minimum Gasteiger partial charge on any atom is -0.497 e. The fraction of sp³-hybridized carbons (Fsp3) is 0.231. The Morgan fingerprint density at radius 1 is 0.940 bits per heavy atom. The van der Waals surface area contributed by atoms with Crippen LogP contribution in [-0.2, 0) is 11.8 Å². The van der Waals surface area contributed by atoms with Gasteiger partial charge in [0.1, 0.15) is 23.1 Å². The smallest absolute Gasteiger partial charge is 0.324 e. The quantitative estimate of drug-likeness (QED) is 0.116. The van der Waals surface area contributed by atoms with Crippen molar-refractivity contribution in [2.24, 2.45) is 0 Å². The number of carbonyl (C=O) groups excluding carboxylic acids is 1. The molecule has 0 unspecified atom stereocenters. The van der Waals surface area contributed by atoms with Gasteiger partial charge in [-0.25, -0.2) is 14.5 Å². The molecule has 2 amide bonds. The number of nitrogens with zero attached hydrogens (tertiary/aromatic N) is 4. The van der Waals surface area contributed by atoms with Crippen molar-refractivity contribution in [2.75, 3.05) is 30.1 Å². The van der Waals surface area contributed by atoms with E-state index in [1.165, 1.54) is 0 Å². The molecule has 6 rings (SSSR count). The van der Waals surface area contributed by atoms with Crippen molar-refractivity contribution >= 4 is 40.1 Å². The van der Waals surface area contributed by atoms with Crippen LogP contribution in [0.25, 0.3) is 16.5 Å². The fourth-order valence-electron chi connectivity index (χ4n) is 5.37. The Hall–Kier alpha value is -5.39. The zero-order chi connectivity index (χ0) is 35.3. The van der Waals surface area contributed by atoms with Gasteiger partial charge in [-0.1, -0.05) is 62.7 Å². The summed E-state index contributed by atoms with van der Waals surface area (Å²) in [7, 11) is 1.63. The van der Waals surface area contributed by atoms with E-state index in [1.807, 2.05) is 85.8 Å². The van der Waals surface area contributed by atoms with Crippen LogP contribution < -0.4 is 20.1 Å². The van der Waals surface area contributed by atoms with Crippen LogP contribution in [0.5, 0.6) is 17.4 Å². The summed E-state index contributed by atoms with van der Waals surface area (Å²) < 4.78 is 13.6. The summed E-state index contributed by atoms with van der Waals surface area (Å²) in [5, 5.41) is 21.7. The number of anilines is 2. The largest absolute Gasteiger partial charge is 0.497 e. The molecule has 0 aliphatic heterocycles. The number of aliphatic hydroxyl groups excluding tert-OH is 1. The average Bonchev–Trinajstić information content (AvgIpc) is 3.53. The van der Waals surface area contributed by atoms with Gasteiger partial charge >= 0.3 is 6.03 Å². The number of fused-ring (bicyclic) bond motifs is 1. The van der Waals surface area contributed by atoms with E-state index >= 15 is 0 Å².